The third-order valence-corrected chi connectivity index (χ3v) is 18.1. The summed E-state index contributed by atoms with van der Waals surface area (Å²) in [4.78, 5) is 75.5. The number of fused-ring (bicyclic) bond motifs is 6. The van der Waals surface area contributed by atoms with Gasteiger partial charge in [-0.1, -0.05) is 12.0 Å². The molecule has 5 atom stereocenters. The van der Waals surface area contributed by atoms with Crippen molar-refractivity contribution >= 4 is 50.9 Å². The fourth-order valence-electron chi connectivity index (χ4n) is 13.7. The van der Waals surface area contributed by atoms with Gasteiger partial charge >= 0.3 is 6.01 Å². The summed E-state index contributed by atoms with van der Waals surface area (Å²) in [6.45, 7) is 9.53. The molecule has 2 aromatic heterocycles. The van der Waals surface area contributed by atoms with E-state index in [1.165, 1.54) is 37.1 Å². The molecule has 6 aliphatic heterocycles. The third-order valence-electron chi connectivity index (χ3n) is 18.1. The van der Waals surface area contributed by atoms with Crippen molar-refractivity contribution in [2.75, 3.05) is 81.9 Å². The number of phenols is 1. The van der Waals surface area contributed by atoms with E-state index in [0.29, 0.717) is 67.2 Å². The highest BCUT2D eigenvalue weighted by Gasteiger charge is 2.46. The molecule has 8 aliphatic rings. The summed E-state index contributed by atoms with van der Waals surface area (Å²) in [7, 11) is 0. The molecule has 3 amide bonds. The van der Waals surface area contributed by atoms with E-state index < -0.39 is 29.1 Å². The lowest BCUT2D eigenvalue weighted by Gasteiger charge is -2.40. The zero-order valence-corrected chi connectivity index (χ0v) is 42.0. The van der Waals surface area contributed by atoms with Crippen LogP contribution in [0.25, 0.3) is 32.9 Å². The number of aromatic hydroxyl groups is 1. The van der Waals surface area contributed by atoms with Gasteiger partial charge in [0.25, 0.3) is 11.5 Å². The van der Waals surface area contributed by atoms with E-state index in [4.69, 9.17) is 16.1 Å². The van der Waals surface area contributed by atoms with Crippen molar-refractivity contribution in [3.8, 4) is 35.4 Å². The maximum Gasteiger partial charge on any atom is 0.319 e. The van der Waals surface area contributed by atoms with Gasteiger partial charge in [-0.25, -0.2) is 8.78 Å². The SMILES string of the molecule is C#Cc1c(F)ccc2cc(O)cc(-c3[nH]c(=O)c4c(N5CC6CC7CCC7CC(C5)N6)nc(OCC5(CN6CCN(CC7CCN(c8ccc9c(c8)CN(C8CCC(=O)NC8=O)C9=O)CC7)CC6)CC5)nc4c3F)c12. The largest absolute Gasteiger partial charge is 0.508 e. The van der Waals surface area contributed by atoms with Gasteiger partial charge in [-0.15, -0.1) is 6.42 Å². The predicted octanol–water partition coefficient (Wildman–Crippen LogP) is 5.52. The van der Waals surface area contributed by atoms with E-state index in [9.17, 15) is 24.3 Å². The zero-order valence-electron chi connectivity index (χ0n) is 42.0. The number of halogens is 2. The summed E-state index contributed by atoms with van der Waals surface area (Å²) in [6, 6.07) is 11.1. The van der Waals surface area contributed by atoms with Gasteiger partial charge in [0.15, 0.2) is 5.82 Å². The van der Waals surface area contributed by atoms with Crippen molar-refractivity contribution in [1.29, 1.82) is 0 Å². The number of anilines is 2. The molecule has 2 aliphatic carbocycles. The smallest absolute Gasteiger partial charge is 0.319 e. The number of piperazine rings is 2. The fraction of sp³-hybridized carbons (Fsp3) is 0.509. The molecule has 5 unspecified atom stereocenters. The number of nitrogens with zero attached hydrogens (tertiary/aromatic N) is 7. The minimum Gasteiger partial charge on any atom is -0.508 e. The van der Waals surface area contributed by atoms with E-state index in [2.05, 4.69) is 52.2 Å². The number of terminal acetylenes is 1. The molecular formula is C57H62F2N10O6. The van der Waals surface area contributed by atoms with Crippen LogP contribution < -0.4 is 30.7 Å². The predicted molar refractivity (Wildman–Crippen MR) is 278 cm³/mol. The molecular weight excluding hydrogens is 959 g/mol. The summed E-state index contributed by atoms with van der Waals surface area (Å²) in [6.07, 6.45) is 15.0. The Balaban J connectivity index is 0.674. The normalized spacial score (nSPS) is 25.9. The third kappa shape index (κ3) is 8.93. The topological polar surface area (TPSA) is 180 Å². The molecule has 8 heterocycles. The second-order valence-corrected chi connectivity index (χ2v) is 22.9. The summed E-state index contributed by atoms with van der Waals surface area (Å²) < 4.78 is 39.2. The molecule has 0 radical (unpaired) electrons. The number of aromatic nitrogens is 3. The van der Waals surface area contributed by atoms with E-state index in [-0.39, 0.29) is 80.6 Å². The molecule has 7 fully saturated rings. The summed E-state index contributed by atoms with van der Waals surface area (Å²) >= 11 is 0. The lowest BCUT2D eigenvalue weighted by molar-refractivity contribution is -0.136. The summed E-state index contributed by atoms with van der Waals surface area (Å²) in [5.41, 5.74) is 1.39. The van der Waals surface area contributed by atoms with Crippen LogP contribution in [-0.2, 0) is 16.1 Å². The molecule has 3 aromatic carbocycles. The van der Waals surface area contributed by atoms with Crippen LogP contribution in [0.5, 0.6) is 11.8 Å². The highest BCUT2D eigenvalue weighted by molar-refractivity contribution is 6.06. The molecule has 13 rings (SSSR count). The number of phenolic OH excluding ortho intramolecular Hbond substituents is 1. The van der Waals surface area contributed by atoms with Gasteiger partial charge in [0.2, 0.25) is 11.8 Å². The Morgan fingerprint density at radius 2 is 1.57 bits per heavy atom. The van der Waals surface area contributed by atoms with Crippen LogP contribution in [0, 0.1) is 47.1 Å². The van der Waals surface area contributed by atoms with E-state index in [0.717, 1.165) is 102 Å². The van der Waals surface area contributed by atoms with E-state index >= 15 is 8.78 Å². The number of pyridine rings is 1. The van der Waals surface area contributed by atoms with Crippen LogP contribution in [0.1, 0.15) is 85.7 Å². The van der Waals surface area contributed by atoms with E-state index in [1.54, 1.807) is 4.90 Å². The summed E-state index contributed by atoms with van der Waals surface area (Å²) in [5.74, 6) is 2.07. The molecule has 2 bridgehead atoms. The number of rotatable bonds is 11. The number of amides is 3. The van der Waals surface area contributed by atoms with Gasteiger partial charge in [-0.05, 0) is 123 Å². The fourth-order valence-corrected chi connectivity index (χ4v) is 13.7. The van der Waals surface area contributed by atoms with Gasteiger partial charge in [-0.3, -0.25) is 24.5 Å². The number of carbonyl (C=O) groups excluding carboxylic acids is 3. The molecule has 5 aromatic rings. The Bertz CT molecular complexity index is 3250. The highest BCUT2D eigenvalue weighted by atomic mass is 19.1. The van der Waals surface area contributed by atoms with Gasteiger partial charge in [0.1, 0.15) is 34.3 Å². The number of hydrogen-bond acceptors (Lipinski definition) is 13. The maximum atomic E-state index is 17.4. The highest BCUT2D eigenvalue weighted by Crippen LogP contribution is 2.48. The minimum absolute atomic E-state index is 0.00418. The van der Waals surface area contributed by atoms with Crippen LogP contribution >= 0.6 is 0 Å². The summed E-state index contributed by atoms with van der Waals surface area (Å²) in [5, 5.41) is 17.6. The Kier molecular flexibility index (Phi) is 12.1. The number of ether oxygens (including phenoxy) is 1. The monoisotopic (exact) mass is 1020 g/mol. The second kappa shape index (κ2) is 18.9. The number of nitrogens with one attached hydrogen (secondary N) is 3. The molecule has 4 N–H and O–H groups in total. The van der Waals surface area contributed by atoms with Crippen LogP contribution in [-0.4, -0.2) is 143 Å². The van der Waals surface area contributed by atoms with E-state index in [1.807, 2.05) is 12.1 Å². The average molecular weight is 1020 g/mol. The number of H-pyrrole nitrogens is 1. The number of piperidine rings is 2. The average Bonchev–Trinajstić information content (AvgIpc) is 4.12. The van der Waals surface area contributed by atoms with Crippen molar-refractivity contribution in [3.05, 3.63) is 81.1 Å². The van der Waals surface area contributed by atoms with Crippen molar-refractivity contribution in [3.63, 3.8) is 0 Å². The number of imide groups is 1. The molecule has 0 spiro atoms. The van der Waals surface area contributed by atoms with Crippen LogP contribution in [0.3, 0.4) is 0 Å². The van der Waals surface area contributed by atoms with Gasteiger partial charge in [0, 0.05) is 118 Å². The van der Waals surface area contributed by atoms with Crippen LogP contribution in [0.2, 0.25) is 0 Å². The number of benzene rings is 3. The second-order valence-electron chi connectivity index (χ2n) is 22.9. The Morgan fingerprint density at radius 3 is 2.28 bits per heavy atom. The number of hydrogen-bond donors (Lipinski definition) is 4. The van der Waals surface area contributed by atoms with Crippen LogP contribution in [0.4, 0.5) is 20.3 Å². The molecule has 2 saturated carbocycles. The van der Waals surface area contributed by atoms with Gasteiger partial charge in [0.05, 0.1) is 17.9 Å². The van der Waals surface area contributed by atoms with Crippen LogP contribution in [0.15, 0.2) is 47.3 Å². The van der Waals surface area contributed by atoms with Crippen molar-refractivity contribution in [2.45, 2.75) is 88.9 Å². The molecule has 5 saturated heterocycles. The Morgan fingerprint density at radius 1 is 0.827 bits per heavy atom. The van der Waals surface area contributed by atoms with Gasteiger partial charge in [-0.2, -0.15) is 9.97 Å². The quantitative estimate of drug-likeness (QED) is 0.0961. The standard InChI is InChI=1S/C57H62F2N10O6/c1-2-41-44(58)8-5-35-24-40(70)25-43(47(35)41)50-49(59)51-48(54(73)62-50)52(68-28-37-21-33-3-4-34(33)22-38(29-68)60-37)64-56(63-51)75-31-57(13-14-57)30-66-19-17-65(18-20-66)26-32-11-15-67(16-12-32)39-6-7-42-36(23-39)27-69(55(42)74)45-9-10-46(71)61-53(45)72/h1,5-8,23-25,32-34,37-38,45,60,70H,3-4,9-22,26-31H2,(H,62,73)(H,61,71,72). The zero-order chi connectivity index (χ0) is 51.3. The first kappa shape index (κ1) is 48.0. The van der Waals surface area contributed by atoms with Crippen molar-refractivity contribution in [1.82, 2.24) is 40.3 Å². The Hall–Kier alpha value is -6.68. The number of carbonyl (C=O) groups is 3. The Labute approximate surface area is 433 Å². The molecule has 18 heteroatoms. The number of aromatic amines is 1. The first-order chi connectivity index (χ1) is 36.4. The lowest BCUT2D eigenvalue weighted by Crippen LogP contribution is -2.56. The lowest BCUT2D eigenvalue weighted by atomic mass is 9.69. The molecule has 75 heavy (non-hydrogen) atoms. The van der Waals surface area contributed by atoms with Gasteiger partial charge < -0.3 is 44.6 Å². The first-order valence-corrected chi connectivity index (χ1v) is 27.0. The molecule has 16 nitrogen and oxygen atoms in total. The first-order valence-electron chi connectivity index (χ1n) is 27.0. The van der Waals surface area contributed by atoms with Crippen molar-refractivity contribution < 1.29 is 33.0 Å². The maximum absolute atomic E-state index is 17.4. The molecule has 390 valence electrons. The minimum atomic E-state index is -0.855. The van der Waals surface area contributed by atoms with Crippen molar-refractivity contribution in [2.24, 2.45) is 23.2 Å².